The molecule has 6 N–H and O–H groups in total. The van der Waals surface area contributed by atoms with E-state index >= 15 is 0 Å². The number of nitrogens with zero attached hydrogens (tertiary/aromatic N) is 2. The quantitative estimate of drug-likeness (QED) is 0.707. The predicted octanol–water partition coefficient (Wildman–Crippen LogP) is 0.327. The van der Waals surface area contributed by atoms with Gasteiger partial charge in [-0.1, -0.05) is 18.2 Å². The summed E-state index contributed by atoms with van der Waals surface area (Å²) in [4.78, 5) is 8.02. The number of benzene rings is 2. The Balaban J connectivity index is 1.76. The van der Waals surface area contributed by atoms with E-state index in [-0.39, 0.29) is 0 Å². The molecule has 0 radical (unpaired) electrons. The van der Waals surface area contributed by atoms with E-state index < -0.39 is 12.1 Å². The van der Waals surface area contributed by atoms with Gasteiger partial charge < -0.3 is 16.2 Å². The number of nitrogens with two attached hydrogens (primary N) is 3. The zero-order valence-electron chi connectivity index (χ0n) is 12.5. The maximum absolute atomic E-state index is 6.21. The Morgan fingerprint density at radius 2 is 1.65 bits per heavy atom. The normalized spacial score (nSPS) is 20.0. The minimum Gasteiger partial charge on any atom is -0.457 e. The van der Waals surface area contributed by atoms with Crippen molar-refractivity contribution in [2.75, 3.05) is 0 Å². The van der Waals surface area contributed by atoms with E-state index in [1.807, 2.05) is 54.6 Å². The number of amidine groups is 1. The van der Waals surface area contributed by atoms with Crippen LogP contribution in [0.15, 0.2) is 64.6 Å². The largest absolute Gasteiger partial charge is 0.457 e. The molecule has 0 bridgehead atoms. The minimum atomic E-state index is -0.521. The van der Waals surface area contributed by atoms with Crippen molar-refractivity contribution >= 4 is 17.9 Å². The summed E-state index contributed by atoms with van der Waals surface area (Å²) < 4.78 is 5.75. The lowest BCUT2D eigenvalue weighted by atomic mass is 9.92. The topological polar surface area (TPSA) is 112 Å². The number of hydrogen-bond donors (Lipinski definition) is 3. The maximum Gasteiger partial charge on any atom is 0.194 e. The Labute approximate surface area is 134 Å². The van der Waals surface area contributed by atoms with Crippen LogP contribution in [0.4, 0.5) is 0 Å². The van der Waals surface area contributed by atoms with Crippen molar-refractivity contribution in [1.82, 2.24) is 0 Å². The predicted molar refractivity (Wildman–Crippen MR) is 90.6 cm³/mol. The van der Waals surface area contributed by atoms with Crippen molar-refractivity contribution in [1.29, 1.82) is 0 Å². The van der Waals surface area contributed by atoms with Crippen molar-refractivity contribution in [3.63, 3.8) is 0 Å². The third-order valence-corrected chi connectivity index (χ3v) is 3.61. The number of rotatable bonds is 4. The lowest BCUT2D eigenvalue weighted by Crippen LogP contribution is -2.55. The van der Waals surface area contributed by atoms with E-state index in [4.69, 9.17) is 21.6 Å². The molecule has 2 aromatic carbocycles. The van der Waals surface area contributed by atoms with Crippen LogP contribution in [0.25, 0.3) is 0 Å². The van der Waals surface area contributed by atoms with Crippen LogP contribution in [0.2, 0.25) is 0 Å². The number of aliphatic imine (C=N–C) groups is 2. The Morgan fingerprint density at radius 1 is 1.00 bits per heavy atom. The van der Waals surface area contributed by atoms with Gasteiger partial charge in [0.2, 0.25) is 0 Å². The summed E-state index contributed by atoms with van der Waals surface area (Å²) in [6, 6.07) is 17.0. The minimum absolute atomic E-state index is 0.370. The molecule has 3 rings (SSSR count). The molecule has 0 spiro atoms. The summed E-state index contributed by atoms with van der Waals surface area (Å²) in [6.45, 7) is 0. The van der Waals surface area contributed by atoms with Crippen LogP contribution < -0.4 is 21.6 Å². The van der Waals surface area contributed by atoms with Gasteiger partial charge in [-0.25, -0.2) is 4.99 Å². The molecule has 23 heavy (non-hydrogen) atoms. The van der Waals surface area contributed by atoms with Crippen molar-refractivity contribution < 1.29 is 10.1 Å². The Bertz CT molecular complexity index is 752. The van der Waals surface area contributed by atoms with Crippen molar-refractivity contribution in [3.8, 4) is 11.5 Å². The average Bonchev–Trinajstić information content (AvgIpc) is 2.56. The van der Waals surface area contributed by atoms with Crippen LogP contribution >= 0.6 is 0 Å². The second-order valence-corrected chi connectivity index (χ2v) is 5.18. The molecule has 0 aliphatic carbocycles. The van der Waals surface area contributed by atoms with Gasteiger partial charge >= 0.3 is 0 Å². The first-order chi connectivity index (χ1) is 11.1. The van der Waals surface area contributed by atoms with Crippen LogP contribution in [0.5, 0.6) is 11.5 Å². The highest BCUT2D eigenvalue weighted by Gasteiger charge is 2.32. The summed E-state index contributed by atoms with van der Waals surface area (Å²) in [5.74, 6) is 1.47. The molecule has 116 valence electrons. The number of ether oxygens (including phenoxy) is 1. The third-order valence-electron chi connectivity index (χ3n) is 3.61. The molecule has 1 aliphatic rings. The second kappa shape index (κ2) is 6.41. The first kappa shape index (κ1) is 14.9. The molecule has 0 saturated carbocycles. The highest BCUT2D eigenvalue weighted by molar-refractivity contribution is 6.13. The van der Waals surface area contributed by atoms with Gasteiger partial charge in [-0.05, 0) is 36.4 Å². The molecule has 6 heteroatoms. The molecule has 6 nitrogen and oxygen atoms in total. The zero-order valence-corrected chi connectivity index (χ0v) is 12.5. The Kier molecular flexibility index (Phi) is 4.16. The fraction of sp³-hybridized carbons (Fsp3) is 0.118. The van der Waals surface area contributed by atoms with Gasteiger partial charge in [0.15, 0.2) is 5.71 Å². The summed E-state index contributed by atoms with van der Waals surface area (Å²) >= 11 is 0. The van der Waals surface area contributed by atoms with Gasteiger partial charge in [-0.3, -0.25) is 10.4 Å². The highest BCUT2D eigenvalue weighted by atomic mass is 16.5. The van der Waals surface area contributed by atoms with Gasteiger partial charge in [-0.2, -0.15) is 0 Å². The fourth-order valence-electron chi connectivity index (χ4n) is 2.38. The molecule has 2 unspecified atom stereocenters. The summed E-state index contributed by atoms with van der Waals surface area (Å²) in [5, 5.41) is 6.21. The van der Waals surface area contributed by atoms with Crippen LogP contribution in [0, 0.1) is 5.92 Å². The molecule has 1 heterocycles. The van der Waals surface area contributed by atoms with Gasteiger partial charge in [-0.15, -0.1) is 0 Å². The molecule has 2 atom stereocenters. The van der Waals surface area contributed by atoms with Crippen LogP contribution in [-0.4, -0.2) is 24.1 Å². The smallest absolute Gasteiger partial charge is 0.194 e. The maximum atomic E-state index is 6.21. The summed E-state index contributed by atoms with van der Waals surface area (Å²) in [5.41, 5.74) is 13.2. The van der Waals surface area contributed by atoms with Gasteiger partial charge in [0.05, 0.1) is 0 Å². The van der Waals surface area contributed by atoms with Crippen molar-refractivity contribution in [2.45, 2.75) is 6.17 Å². The monoisotopic (exact) mass is 308 g/mol. The molecular formula is C17H18N5O+. The Morgan fingerprint density at radius 3 is 2.30 bits per heavy atom. The van der Waals surface area contributed by atoms with Crippen molar-refractivity contribution in [3.05, 3.63) is 60.2 Å². The van der Waals surface area contributed by atoms with Crippen LogP contribution in [-0.2, 0) is 0 Å². The first-order valence-electron chi connectivity index (χ1n) is 7.21. The number of hydrogen-bond acceptors (Lipinski definition) is 5. The van der Waals surface area contributed by atoms with E-state index in [9.17, 15) is 0 Å². The number of para-hydroxylation sites is 1. The Hall–Kier alpha value is -2.99. The molecule has 2 aromatic rings. The SMILES string of the molecule is NC1=NC=NC(N)C1C(=[NH2+])c1ccc(Oc2ccccc2)cc1. The van der Waals surface area contributed by atoms with Crippen molar-refractivity contribution in [2.24, 2.45) is 27.4 Å². The van der Waals surface area contributed by atoms with Gasteiger partial charge in [0, 0.05) is 5.56 Å². The van der Waals surface area contributed by atoms with E-state index in [1.54, 1.807) is 0 Å². The molecule has 0 saturated heterocycles. The highest BCUT2D eigenvalue weighted by Crippen LogP contribution is 2.22. The van der Waals surface area contributed by atoms with Gasteiger partial charge in [0.1, 0.15) is 35.8 Å². The third kappa shape index (κ3) is 3.27. The van der Waals surface area contributed by atoms with E-state index in [1.165, 1.54) is 6.34 Å². The lowest BCUT2D eigenvalue weighted by molar-refractivity contribution is -0.117. The molecular weight excluding hydrogens is 290 g/mol. The average molecular weight is 308 g/mol. The van der Waals surface area contributed by atoms with Gasteiger partial charge in [0.25, 0.3) is 0 Å². The molecule has 0 amide bonds. The molecule has 0 aromatic heterocycles. The summed E-state index contributed by atoms with van der Waals surface area (Å²) in [7, 11) is 0. The second-order valence-electron chi connectivity index (χ2n) is 5.18. The van der Waals surface area contributed by atoms with Crippen LogP contribution in [0.3, 0.4) is 0 Å². The molecule has 1 aliphatic heterocycles. The molecule has 0 fully saturated rings. The lowest BCUT2D eigenvalue weighted by Gasteiger charge is -2.20. The zero-order chi connectivity index (χ0) is 16.2. The van der Waals surface area contributed by atoms with E-state index in [0.717, 1.165) is 17.1 Å². The van der Waals surface area contributed by atoms with E-state index in [0.29, 0.717) is 11.5 Å². The first-order valence-corrected chi connectivity index (χ1v) is 7.21. The standard InChI is InChI=1S/C17H17N5O/c18-15(14-16(19)21-10-22-17(14)20)11-6-8-13(9-7-11)23-12-4-2-1-3-5-12/h1-10,14,16,18H,19H2,(H2,20,21,22)/p+1. The summed E-state index contributed by atoms with van der Waals surface area (Å²) in [6.07, 6.45) is 0.841. The van der Waals surface area contributed by atoms with Crippen LogP contribution in [0.1, 0.15) is 5.56 Å². The van der Waals surface area contributed by atoms with E-state index in [2.05, 4.69) is 9.98 Å². The fourth-order valence-corrected chi connectivity index (χ4v) is 2.38.